The van der Waals surface area contributed by atoms with Crippen molar-refractivity contribution in [3.8, 4) is 0 Å². The highest BCUT2D eigenvalue weighted by Crippen LogP contribution is 2.20. The molecule has 1 atom stereocenters. The van der Waals surface area contributed by atoms with E-state index in [1.54, 1.807) is 16.7 Å². The van der Waals surface area contributed by atoms with Crippen LogP contribution in [0.1, 0.15) is 37.8 Å². The molecular weight excluding hydrogens is 302 g/mol. The summed E-state index contributed by atoms with van der Waals surface area (Å²) in [7, 11) is 0. The van der Waals surface area contributed by atoms with Crippen LogP contribution in [0, 0.1) is 0 Å². The van der Waals surface area contributed by atoms with Gasteiger partial charge in [-0.25, -0.2) is 0 Å². The van der Waals surface area contributed by atoms with Crippen molar-refractivity contribution in [3.63, 3.8) is 0 Å². The molecule has 1 fully saturated rings. The average molecular weight is 323 g/mol. The lowest BCUT2D eigenvalue weighted by Crippen LogP contribution is -2.46. The van der Waals surface area contributed by atoms with E-state index < -0.39 is 0 Å². The molecule has 1 aromatic heterocycles. The number of nitrogens with zero attached hydrogens (tertiary/aromatic N) is 4. The van der Waals surface area contributed by atoms with Crippen LogP contribution in [0.2, 0.25) is 0 Å². The summed E-state index contributed by atoms with van der Waals surface area (Å²) in [4.78, 5) is 25.3. The van der Waals surface area contributed by atoms with E-state index in [4.69, 9.17) is 0 Å². The van der Waals surface area contributed by atoms with Gasteiger partial charge in [-0.3, -0.25) is 9.59 Å². The fourth-order valence-corrected chi connectivity index (χ4v) is 3.78. The van der Waals surface area contributed by atoms with Gasteiger partial charge in [-0.1, -0.05) is 13.8 Å². The van der Waals surface area contributed by atoms with Gasteiger partial charge in [-0.15, -0.1) is 22.0 Å². The minimum atomic E-state index is -0.0801. The van der Waals surface area contributed by atoms with Crippen LogP contribution in [0.15, 0.2) is 0 Å². The Morgan fingerprint density at radius 3 is 2.95 bits per heavy atom. The van der Waals surface area contributed by atoms with Crippen molar-refractivity contribution >= 4 is 23.6 Å². The van der Waals surface area contributed by atoms with Crippen molar-refractivity contribution in [1.29, 1.82) is 0 Å². The zero-order valence-electron chi connectivity index (χ0n) is 12.9. The Morgan fingerprint density at radius 2 is 2.27 bits per heavy atom. The lowest BCUT2D eigenvalue weighted by atomic mass is 10.1. The molecule has 0 spiro atoms. The molecule has 2 aliphatic rings. The lowest BCUT2D eigenvalue weighted by Gasteiger charge is -2.26. The Morgan fingerprint density at radius 1 is 1.45 bits per heavy atom. The maximum absolute atomic E-state index is 12.1. The number of rotatable bonds is 4. The van der Waals surface area contributed by atoms with Gasteiger partial charge >= 0.3 is 0 Å². The van der Waals surface area contributed by atoms with Crippen LogP contribution >= 0.6 is 11.8 Å². The molecule has 0 bridgehead atoms. The Kier molecular flexibility index (Phi) is 4.37. The number of hydrogen-bond acceptors (Lipinski definition) is 5. The standard InChI is InChI=1S/C14H21N5O2S/c1-9(2)14-17-16-11-4-3-10(5-19(11)14)15-12(20)6-18-8-22-7-13(18)21/h9-10H,3-8H2,1-2H3,(H,15,20). The van der Waals surface area contributed by atoms with Crippen LogP contribution in [0.4, 0.5) is 0 Å². The minimum Gasteiger partial charge on any atom is -0.350 e. The molecule has 0 aliphatic carbocycles. The van der Waals surface area contributed by atoms with Gasteiger partial charge in [0.2, 0.25) is 11.8 Å². The molecule has 2 amide bonds. The van der Waals surface area contributed by atoms with E-state index in [1.807, 2.05) is 0 Å². The predicted molar refractivity (Wildman–Crippen MR) is 83.4 cm³/mol. The zero-order chi connectivity index (χ0) is 15.7. The van der Waals surface area contributed by atoms with Crippen LogP contribution in [0.25, 0.3) is 0 Å². The number of carbonyl (C=O) groups excluding carboxylic acids is 2. The Bertz CT molecular complexity index is 586. The van der Waals surface area contributed by atoms with Crippen LogP contribution in [0.3, 0.4) is 0 Å². The second-order valence-corrected chi connectivity index (χ2v) is 7.07. The molecule has 8 heteroatoms. The SMILES string of the molecule is CC(C)c1nnc2n1CC(NC(=O)CN1CSCC1=O)CC2. The molecule has 1 N–H and O–H groups in total. The van der Waals surface area contributed by atoms with Gasteiger partial charge in [0.05, 0.1) is 11.6 Å². The molecule has 22 heavy (non-hydrogen) atoms. The van der Waals surface area contributed by atoms with E-state index in [-0.39, 0.29) is 24.4 Å². The van der Waals surface area contributed by atoms with Gasteiger partial charge in [-0.05, 0) is 6.42 Å². The second kappa shape index (κ2) is 6.28. The monoisotopic (exact) mass is 323 g/mol. The average Bonchev–Trinajstić information content (AvgIpc) is 3.05. The molecule has 7 nitrogen and oxygen atoms in total. The first-order chi connectivity index (χ1) is 10.5. The van der Waals surface area contributed by atoms with Gasteiger partial charge in [0.15, 0.2) is 0 Å². The number of amides is 2. The number of aromatic nitrogens is 3. The van der Waals surface area contributed by atoms with E-state index in [2.05, 4.69) is 33.9 Å². The van der Waals surface area contributed by atoms with E-state index in [9.17, 15) is 9.59 Å². The molecule has 0 saturated carbocycles. The smallest absolute Gasteiger partial charge is 0.239 e. The summed E-state index contributed by atoms with van der Waals surface area (Å²) in [6.45, 7) is 5.06. The first-order valence-corrected chi connectivity index (χ1v) is 8.77. The van der Waals surface area contributed by atoms with Gasteiger partial charge < -0.3 is 14.8 Å². The van der Waals surface area contributed by atoms with Crippen molar-refractivity contribution in [3.05, 3.63) is 11.6 Å². The molecule has 1 aromatic rings. The summed E-state index contributed by atoms with van der Waals surface area (Å²) in [5.41, 5.74) is 0. The van der Waals surface area contributed by atoms with Gasteiger partial charge in [0.1, 0.15) is 18.2 Å². The summed E-state index contributed by atoms with van der Waals surface area (Å²) in [6, 6.07) is 0.0823. The topological polar surface area (TPSA) is 80.1 Å². The summed E-state index contributed by atoms with van der Waals surface area (Å²) >= 11 is 1.55. The summed E-state index contributed by atoms with van der Waals surface area (Å²) in [5.74, 6) is 3.36. The minimum absolute atomic E-state index is 0.0481. The lowest BCUT2D eigenvalue weighted by molar-refractivity contribution is -0.132. The summed E-state index contributed by atoms with van der Waals surface area (Å²) in [6.07, 6.45) is 1.69. The molecule has 120 valence electrons. The van der Waals surface area contributed by atoms with E-state index in [1.165, 1.54) is 0 Å². The van der Waals surface area contributed by atoms with Crippen LogP contribution in [-0.2, 0) is 22.6 Å². The van der Waals surface area contributed by atoms with Crippen LogP contribution in [-0.4, -0.2) is 55.7 Å². The third-order valence-electron chi connectivity index (χ3n) is 4.02. The number of nitrogens with one attached hydrogen (secondary N) is 1. The molecule has 3 rings (SSSR count). The van der Waals surface area contributed by atoms with Crippen molar-refractivity contribution in [2.45, 2.75) is 45.2 Å². The first kappa shape index (κ1) is 15.3. The number of carbonyl (C=O) groups is 2. The third-order valence-corrected chi connectivity index (χ3v) is 4.96. The highest BCUT2D eigenvalue weighted by atomic mass is 32.2. The molecule has 0 aromatic carbocycles. The maximum atomic E-state index is 12.1. The molecule has 3 heterocycles. The van der Waals surface area contributed by atoms with Crippen molar-refractivity contribution in [1.82, 2.24) is 25.0 Å². The molecular formula is C14H21N5O2S. The van der Waals surface area contributed by atoms with E-state index in [0.29, 0.717) is 24.1 Å². The number of fused-ring (bicyclic) bond motifs is 1. The zero-order valence-corrected chi connectivity index (χ0v) is 13.7. The quantitative estimate of drug-likeness (QED) is 0.866. The number of hydrogen-bond donors (Lipinski definition) is 1. The van der Waals surface area contributed by atoms with Crippen LogP contribution < -0.4 is 5.32 Å². The highest BCUT2D eigenvalue weighted by Gasteiger charge is 2.27. The van der Waals surface area contributed by atoms with Gasteiger partial charge in [-0.2, -0.15) is 0 Å². The first-order valence-electron chi connectivity index (χ1n) is 7.61. The van der Waals surface area contributed by atoms with E-state index >= 15 is 0 Å². The Balaban J connectivity index is 1.59. The molecule has 1 saturated heterocycles. The normalized spacial score (nSPS) is 21.3. The van der Waals surface area contributed by atoms with Crippen molar-refractivity contribution in [2.75, 3.05) is 18.2 Å². The Hall–Kier alpha value is -1.57. The second-order valence-electron chi connectivity index (χ2n) is 6.11. The summed E-state index contributed by atoms with van der Waals surface area (Å²) < 4.78 is 2.12. The molecule has 1 unspecified atom stereocenters. The third kappa shape index (κ3) is 3.11. The number of aryl methyl sites for hydroxylation is 1. The summed E-state index contributed by atoms with van der Waals surface area (Å²) in [5, 5.41) is 11.5. The highest BCUT2D eigenvalue weighted by molar-refractivity contribution is 8.00. The van der Waals surface area contributed by atoms with E-state index in [0.717, 1.165) is 24.5 Å². The fraction of sp³-hybridized carbons (Fsp3) is 0.714. The predicted octanol–water partition coefficient (Wildman–Crippen LogP) is 0.365. The largest absolute Gasteiger partial charge is 0.350 e. The molecule has 0 radical (unpaired) electrons. The maximum Gasteiger partial charge on any atom is 0.239 e. The molecule has 2 aliphatic heterocycles. The van der Waals surface area contributed by atoms with Gasteiger partial charge in [0, 0.05) is 24.9 Å². The van der Waals surface area contributed by atoms with Crippen molar-refractivity contribution < 1.29 is 9.59 Å². The van der Waals surface area contributed by atoms with Crippen LogP contribution in [0.5, 0.6) is 0 Å². The number of thioether (sulfide) groups is 1. The Labute approximate surface area is 133 Å². The fourth-order valence-electron chi connectivity index (χ4n) is 2.88. The van der Waals surface area contributed by atoms with Gasteiger partial charge in [0.25, 0.3) is 0 Å². The van der Waals surface area contributed by atoms with Crippen molar-refractivity contribution in [2.24, 2.45) is 0 Å².